The molecule has 256 valence electrons. The van der Waals surface area contributed by atoms with Gasteiger partial charge in [0, 0.05) is 29.2 Å². The zero-order valence-corrected chi connectivity index (χ0v) is 29.1. The van der Waals surface area contributed by atoms with Crippen molar-refractivity contribution in [3.8, 4) is 17.1 Å². The molecule has 0 unspecified atom stereocenters. The van der Waals surface area contributed by atoms with Gasteiger partial charge in [-0.05, 0) is 69.9 Å². The van der Waals surface area contributed by atoms with Crippen molar-refractivity contribution in [2.75, 3.05) is 11.3 Å². The van der Waals surface area contributed by atoms with Crippen molar-refractivity contribution in [1.29, 1.82) is 0 Å². The maximum Gasteiger partial charge on any atom is 0.264 e. The summed E-state index contributed by atoms with van der Waals surface area (Å²) < 4.78 is 56.9. The largest absolute Gasteiger partial charge is 0.475 e. The highest BCUT2D eigenvalue weighted by Gasteiger charge is 2.31. The molecular formula is C36H39FN6O5S. The van der Waals surface area contributed by atoms with Crippen LogP contribution in [-0.4, -0.2) is 57.5 Å². The minimum atomic E-state index is -4.23. The van der Waals surface area contributed by atoms with Crippen molar-refractivity contribution in [3.63, 3.8) is 0 Å². The van der Waals surface area contributed by atoms with Gasteiger partial charge in [0.05, 0.1) is 35.1 Å². The van der Waals surface area contributed by atoms with E-state index < -0.39 is 27.6 Å². The Bertz CT molecular complexity index is 2120. The monoisotopic (exact) mass is 686 g/mol. The number of rotatable bonds is 7. The third-order valence-corrected chi connectivity index (χ3v) is 9.79. The SMILES string of the molecule is Cc1cccc(C)c1-c1cc2nc(n1)NS(=O)(=O)c1cccc(c1)C(=O)N(Cc1cnc3oc(C(C)C)cc3n1)[C@@H](CCC(C)(C)F)CO2. The van der Waals surface area contributed by atoms with Crippen LogP contribution in [0.4, 0.5) is 10.3 Å². The quantitative estimate of drug-likeness (QED) is 0.189. The van der Waals surface area contributed by atoms with Gasteiger partial charge in [0.25, 0.3) is 15.9 Å². The first-order chi connectivity index (χ1) is 23.2. The Morgan fingerprint density at radius 3 is 2.49 bits per heavy atom. The van der Waals surface area contributed by atoms with E-state index in [1.165, 1.54) is 36.9 Å². The lowest BCUT2D eigenvalue weighted by Crippen LogP contribution is -2.44. The Labute approximate surface area is 285 Å². The summed E-state index contributed by atoms with van der Waals surface area (Å²) in [5.41, 5.74) is 3.11. The fraction of sp³-hybridized carbons (Fsp3) is 0.361. The van der Waals surface area contributed by atoms with E-state index in [4.69, 9.17) is 14.1 Å². The number of furan rings is 1. The van der Waals surface area contributed by atoms with Gasteiger partial charge in [-0.1, -0.05) is 38.1 Å². The van der Waals surface area contributed by atoms with Gasteiger partial charge in [-0.2, -0.15) is 4.98 Å². The molecule has 1 aliphatic rings. The Morgan fingerprint density at radius 1 is 1.04 bits per heavy atom. The third kappa shape index (κ3) is 7.56. The molecule has 49 heavy (non-hydrogen) atoms. The number of amides is 1. The molecule has 0 aliphatic carbocycles. The Hall–Kier alpha value is -4.91. The Balaban J connectivity index is 1.48. The number of carbonyl (C=O) groups is 1. The highest BCUT2D eigenvalue weighted by Crippen LogP contribution is 2.31. The number of carbonyl (C=O) groups excluding carboxylic acids is 1. The molecule has 3 aromatic heterocycles. The van der Waals surface area contributed by atoms with Crippen molar-refractivity contribution < 1.29 is 26.8 Å². The number of sulfonamides is 1. The van der Waals surface area contributed by atoms with Crippen molar-refractivity contribution in [3.05, 3.63) is 88.9 Å². The van der Waals surface area contributed by atoms with Gasteiger partial charge >= 0.3 is 0 Å². The van der Waals surface area contributed by atoms with Crippen LogP contribution in [0.2, 0.25) is 0 Å². The lowest BCUT2D eigenvalue weighted by Gasteiger charge is -2.33. The molecule has 0 spiro atoms. The number of anilines is 1. The molecule has 1 N–H and O–H groups in total. The number of aromatic nitrogens is 4. The predicted molar refractivity (Wildman–Crippen MR) is 184 cm³/mol. The second kappa shape index (κ2) is 13.2. The van der Waals surface area contributed by atoms with Gasteiger partial charge in [0.1, 0.15) is 23.6 Å². The van der Waals surface area contributed by atoms with Gasteiger partial charge < -0.3 is 14.1 Å². The topological polar surface area (TPSA) is 140 Å². The molecule has 1 amide bonds. The average Bonchev–Trinajstić information content (AvgIpc) is 3.47. The fourth-order valence-electron chi connectivity index (χ4n) is 5.83. The molecule has 6 rings (SSSR count). The minimum absolute atomic E-state index is 0.0113. The van der Waals surface area contributed by atoms with E-state index in [1.807, 2.05) is 52.0 Å². The first-order valence-electron chi connectivity index (χ1n) is 16.1. The maximum atomic E-state index is 15.0. The Kier molecular flexibility index (Phi) is 9.14. The molecule has 13 heteroatoms. The van der Waals surface area contributed by atoms with Crippen molar-refractivity contribution in [1.82, 2.24) is 24.8 Å². The molecule has 2 aromatic carbocycles. The number of ether oxygens (including phenoxy) is 1. The van der Waals surface area contributed by atoms with E-state index in [0.29, 0.717) is 22.6 Å². The fourth-order valence-corrected chi connectivity index (χ4v) is 6.82. The zero-order valence-electron chi connectivity index (χ0n) is 28.3. The number of alkyl halides is 1. The van der Waals surface area contributed by atoms with Crippen LogP contribution in [0.15, 0.2) is 70.1 Å². The second-order valence-electron chi connectivity index (χ2n) is 13.3. The number of aryl methyl sites for hydroxylation is 2. The summed E-state index contributed by atoms with van der Waals surface area (Å²) in [4.78, 5) is 33.9. The van der Waals surface area contributed by atoms with Gasteiger partial charge in [0.2, 0.25) is 17.5 Å². The van der Waals surface area contributed by atoms with Crippen LogP contribution in [-0.2, 0) is 16.6 Å². The summed E-state index contributed by atoms with van der Waals surface area (Å²) in [6.45, 7) is 10.8. The van der Waals surface area contributed by atoms with Crippen molar-refractivity contribution in [2.24, 2.45) is 0 Å². The van der Waals surface area contributed by atoms with Crippen LogP contribution in [0, 0.1) is 13.8 Å². The number of nitrogens with one attached hydrogen (secondary N) is 1. The molecule has 0 fully saturated rings. The summed E-state index contributed by atoms with van der Waals surface area (Å²) in [5.74, 6) is 0.287. The van der Waals surface area contributed by atoms with E-state index in [2.05, 4.69) is 19.7 Å². The molecule has 0 radical (unpaired) electrons. The second-order valence-corrected chi connectivity index (χ2v) is 15.0. The maximum absolute atomic E-state index is 15.0. The highest BCUT2D eigenvalue weighted by molar-refractivity contribution is 7.92. The molecule has 4 heterocycles. The summed E-state index contributed by atoms with van der Waals surface area (Å²) in [6, 6.07) is 14.3. The number of benzene rings is 2. The van der Waals surface area contributed by atoms with Crippen LogP contribution in [0.25, 0.3) is 22.5 Å². The standard InChI is InChI=1S/C36H39FN6O5S/c1-21(2)30-16-29-33(48-30)38-18-25(39-29)19-43-26(13-14-36(5,6)37)20-47-31-17-28(32-22(3)9-7-10-23(32)4)40-35(41-31)42-49(45,46)27-12-8-11-24(15-27)34(43)44/h7-12,15-18,21,26H,13-14,19-20H2,1-6H3,(H,40,41,42)/t26-/m0/s1. The summed E-state index contributed by atoms with van der Waals surface area (Å²) in [6.07, 6.45) is 1.89. The molecule has 1 aliphatic heterocycles. The van der Waals surface area contributed by atoms with E-state index in [0.717, 1.165) is 22.5 Å². The summed E-state index contributed by atoms with van der Waals surface area (Å²) >= 11 is 0. The third-order valence-electron chi connectivity index (χ3n) is 8.46. The average molecular weight is 687 g/mol. The lowest BCUT2D eigenvalue weighted by atomic mass is 9.99. The van der Waals surface area contributed by atoms with Crippen LogP contribution in [0.3, 0.4) is 0 Å². The van der Waals surface area contributed by atoms with Crippen LogP contribution in [0.5, 0.6) is 5.88 Å². The van der Waals surface area contributed by atoms with Gasteiger partial charge in [-0.3, -0.25) is 4.79 Å². The smallest absolute Gasteiger partial charge is 0.264 e. The number of fused-ring (bicyclic) bond motifs is 5. The molecule has 0 saturated heterocycles. The lowest BCUT2D eigenvalue weighted by molar-refractivity contribution is 0.0532. The zero-order chi connectivity index (χ0) is 35.1. The molecule has 5 aromatic rings. The Morgan fingerprint density at radius 2 is 1.78 bits per heavy atom. The van der Waals surface area contributed by atoms with E-state index in [9.17, 15) is 13.2 Å². The first-order valence-corrected chi connectivity index (χ1v) is 17.6. The van der Waals surface area contributed by atoms with E-state index in [-0.39, 0.29) is 54.2 Å². The number of hydrogen-bond acceptors (Lipinski definition) is 9. The summed E-state index contributed by atoms with van der Waals surface area (Å²) in [7, 11) is -4.23. The van der Waals surface area contributed by atoms with Crippen LogP contribution >= 0.6 is 0 Å². The van der Waals surface area contributed by atoms with E-state index in [1.54, 1.807) is 18.3 Å². The van der Waals surface area contributed by atoms with E-state index >= 15 is 4.39 Å². The van der Waals surface area contributed by atoms with Crippen molar-refractivity contribution >= 4 is 33.1 Å². The minimum Gasteiger partial charge on any atom is -0.475 e. The molecule has 1 atom stereocenters. The normalized spacial score (nSPS) is 16.4. The molecular weight excluding hydrogens is 647 g/mol. The van der Waals surface area contributed by atoms with Crippen LogP contribution < -0.4 is 9.46 Å². The number of hydrogen-bond donors (Lipinski definition) is 1. The summed E-state index contributed by atoms with van der Waals surface area (Å²) in [5, 5.41) is 0. The van der Waals surface area contributed by atoms with Crippen molar-refractivity contribution in [2.45, 2.75) is 83.5 Å². The molecule has 0 saturated carbocycles. The predicted octanol–water partition coefficient (Wildman–Crippen LogP) is 7.15. The molecule has 4 bridgehead atoms. The molecule has 11 nitrogen and oxygen atoms in total. The number of halogens is 1. The van der Waals surface area contributed by atoms with Gasteiger partial charge in [0.15, 0.2) is 0 Å². The highest BCUT2D eigenvalue weighted by atomic mass is 32.2. The van der Waals surface area contributed by atoms with Gasteiger partial charge in [-0.25, -0.2) is 32.5 Å². The van der Waals surface area contributed by atoms with Crippen LogP contribution in [0.1, 0.15) is 79.4 Å². The van der Waals surface area contributed by atoms with Gasteiger partial charge in [-0.15, -0.1) is 0 Å². The first kappa shape index (κ1) is 34.0. The number of nitrogens with zero attached hydrogens (tertiary/aromatic N) is 5.